The van der Waals surface area contributed by atoms with Crippen LogP contribution in [0.3, 0.4) is 0 Å². The van der Waals surface area contributed by atoms with Crippen molar-refractivity contribution in [1.29, 1.82) is 0 Å². The lowest BCUT2D eigenvalue weighted by atomic mass is 9.91. The van der Waals surface area contributed by atoms with Crippen LogP contribution in [0.2, 0.25) is 0 Å². The van der Waals surface area contributed by atoms with Gasteiger partial charge in [0.25, 0.3) is 5.56 Å². The summed E-state index contributed by atoms with van der Waals surface area (Å²) in [5.74, 6) is -0.0113. The fourth-order valence-corrected chi connectivity index (χ4v) is 4.23. The van der Waals surface area contributed by atoms with Crippen molar-refractivity contribution in [3.8, 4) is 16.9 Å². The Kier molecular flexibility index (Phi) is 5.80. The lowest BCUT2D eigenvalue weighted by Gasteiger charge is -2.12. The van der Waals surface area contributed by atoms with Gasteiger partial charge >= 0.3 is 0 Å². The molecule has 4 aromatic rings. The minimum atomic E-state index is -0.499. The number of hydrogen-bond acceptors (Lipinski definition) is 4. The number of hydrogen-bond donors (Lipinski definition) is 0. The van der Waals surface area contributed by atoms with Crippen LogP contribution in [0.15, 0.2) is 71.7 Å². The summed E-state index contributed by atoms with van der Waals surface area (Å²) in [6.45, 7) is 5.61. The number of carbonyl (C=O) groups excluding carboxylic acids is 1. The van der Waals surface area contributed by atoms with Crippen LogP contribution >= 0.6 is 11.3 Å². The number of benzene rings is 2. The summed E-state index contributed by atoms with van der Waals surface area (Å²) in [7, 11) is 1.70. The Hall–Kier alpha value is -3.51. The van der Waals surface area contributed by atoms with Crippen LogP contribution in [-0.2, 0) is 11.8 Å². The molecule has 0 bridgehead atoms. The summed E-state index contributed by atoms with van der Waals surface area (Å²) in [6, 6.07) is 19.8. The van der Waals surface area contributed by atoms with Gasteiger partial charge in [0.2, 0.25) is 0 Å². The Morgan fingerprint density at radius 2 is 1.62 bits per heavy atom. The van der Waals surface area contributed by atoms with E-state index in [-0.39, 0.29) is 11.3 Å². The van der Waals surface area contributed by atoms with Gasteiger partial charge in [-0.15, -0.1) is 11.3 Å². The van der Waals surface area contributed by atoms with Crippen LogP contribution in [0.25, 0.3) is 29.1 Å². The maximum Gasteiger partial charge on any atom is 0.268 e. The van der Waals surface area contributed by atoms with Crippen LogP contribution in [0.4, 0.5) is 0 Å². The predicted molar refractivity (Wildman–Crippen MR) is 130 cm³/mol. The average Bonchev–Trinajstić information content (AvgIpc) is 3.31. The zero-order valence-corrected chi connectivity index (χ0v) is 19.4. The topological polar surface area (TPSA) is 56.9 Å². The molecule has 4 rings (SSSR count). The van der Waals surface area contributed by atoms with Crippen LogP contribution < -0.4 is 14.8 Å². The van der Waals surface area contributed by atoms with Crippen LogP contribution in [0.5, 0.6) is 0 Å². The van der Waals surface area contributed by atoms with Crippen molar-refractivity contribution >= 4 is 29.3 Å². The molecule has 0 amide bonds. The molecule has 0 fully saturated rings. The van der Waals surface area contributed by atoms with Crippen LogP contribution in [0.1, 0.15) is 26.3 Å². The molecule has 2 aromatic carbocycles. The van der Waals surface area contributed by atoms with Gasteiger partial charge in [0, 0.05) is 35.9 Å². The molecule has 0 aliphatic rings. The normalized spacial score (nSPS) is 13.0. The first kappa shape index (κ1) is 21.7. The molecule has 0 saturated carbocycles. The van der Waals surface area contributed by atoms with E-state index in [0.717, 1.165) is 22.5 Å². The third-order valence-electron chi connectivity index (χ3n) is 5.15. The molecule has 2 heterocycles. The number of para-hydroxylation sites is 1. The van der Waals surface area contributed by atoms with Gasteiger partial charge in [0.15, 0.2) is 5.78 Å². The molecule has 2 aromatic heterocycles. The fourth-order valence-electron chi connectivity index (χ4n) is 3.20. The quantitative estimate of drug-likeness (QED) is 0.485. The molecular weight excluding hydrogens is 418 g/mol. The second-order valence-electron chi connectivity index (χ2n) is 8.65. The maximum absolute atomic E-state index is 12.9. The van der Waals surface area contributed by atoms with Crippen molar-refractivity contribution in [3.05, 3.63) is 92.0 Å². The Balaban J connectivity index is 1.90. The Morgan fingerprint density at radius 1 is 1.00 bits per heavy atom. The van der Waals surface area contributed by atoms with Gasteiger partial charge < -0.3 is 4.57 Å². The molecule has 0 radical (unpaired) electrons. The second-order valence-corrected chi connectivity index (χ2v) is 9.71. The summed E-state index contributed by atoms with van der Waals surface area (Å²) in [5, 5.41) is 4.81. The van der Waals surface area contributed by atoms with Crippen molar-refractivity contribution in [1.82, 2.24) is 14.3 Å². The van der Waals surface area contributed by atoms with E-state index >= 15 is 0 Å². The Bertz CT molecular complexity index is 1440. The standard InChI is InChI=1S/C26H25N3O2S/c1-26(2,3)22(30)16-23-28(4)25(31)21(32-23)15-19-17-29(20-13-9-6-10-14-20)27-24(19)18-11-7-5-8-12-18/h5-17H,1-4H3/b21-15-,23-16-. The minimum absolute atomic E-state index is 0.0113. The molecule has 0 atom stereocenters. The molecule has 0 unspecified atom stereocenters. The number of rotatable bonds is 4. The molecule has 0 aliphatic heterocycles. The first-order valence-corrected chi connectivity index (χ1v) is 11.2. The second kappa shape index (κ2) is 8.55. The fraction of sp³-hybridized carbons (Fsp3) is 0.192. The predicted octanol–water partition coefficient (Wildman–Crippen LogP) is 3.52. The van der Waals surface area contributed by atoms with Gasteiger partial charge in [-0.2, -0.15) is 5.10 Å². The monoisotopic (exact) mass is 443 g/mol. The molecule has 32 heavy (non-hydrogen) atoms. The Labute approximate surface area is 190 Å². The van der Waals surface area contributed by atoms with Gasteiger partial charge in [-0.05, 0) is 18.2 Å². The third kappa shape index (κ3) is 4.41. The lowest BCUT2D eigenvalue weighted by molar-refractivity contribution is -0.120. The van der Waals surface area contributed by atoms with Crippen molar-refractivity contribution in [2.24, 2.45) is 12.5 Å². The summed E-state index contributed by atoms with van der Waals surface area (Å²) >= 11 is 1.32. The van der Waals surface area contributed by atoms with E-state index < -0.39 is 5.41 Å². The van der Waals surface area contributed by atoms with E-state index in [1.54, 1.807) is 13.1 Å². The number of aromatic nitrogens is 3. The van der Waals surface area contributed by atoms with Crippen molar-refractivity contribution in [2.45, 2.75) is 20.8 Å². The molecule has 0 N–H and O–H groups in total. The lowest BCUT2D eigenvalue weighted by Crippen LogP contribution is -2.30. The van der Waals surface area contributed by atoms with Gasteiger partial charge in [-0.1, -0.05) is 69.3 Å². The summed E-state index contributed by atoms with van der Waals surface area (Å²) in [5.41, 5.74) is 2.91. The van der Waals surface area contributed by atoms with Gasteiger partial charge in [0.05, 0.1) is 15.9 Å². The highest BCUT2D eigenvalue weighted by Gasteiger charge is 2.19. The molecule has 6 heteroatoms. The highest BCUT2D eigenvalue weighted by molar-refractivity contribution is 7.07. The minimum Gasteiger partial charge on any atom is -0.302 e. The van der Waals surface area contributed by atoms with Crippen LogP contribution in [0, 0.1) is 5.41 Å². The first-order chi connectivity index (χ1) is 15.2. The zero-order valence-electron chi connectivity index (χ0n) is 18.6. The molecule has 162 valence electrons. The molecular formula is C26H25N3O2S. The van der Waals surface area contributed by atoms with Crippen molar-refractivity contribution < 1.29 is 4.79 Å². The first-order valence-electron chi connectivity index (χ1n) is 10.4. The number of carbonyl (C=O) groups is 1. The number of thiazole rings is 1. The molecule has 5 nitrogen and oxygen atoms in total. The van der Waals surface area contributed by atoms with E-state index in [0.29, 0.717) is 9.20 Å². The SMILES string of the molecule is Cn1c(=O)/c(=C/c2cn(-c3ccccc3)nc2-c2ccccc2)s/c1=C\C(=O)C(C)(C)C. The van der Waals surface area contributed by atoms with E-state index in [2.05, 4.69) is 0 Å². The van der Waals surface area contributed by atoms with Crippen molar-refractivity contribution in [2.75, 3.05) is 0 Å². The zero-order chi connectivity index (χ0) is 22.9. The van der Waals surface area contributed by atoms with E-state index in [4.69, 9.17) is 5.10 Å². The number of nitrogens with zero attached hydrogens (tertiary/aromatic N) is 3. The number of ketones is 1. The van der Waals surface area contributed by atoms with Crippen LogP contribution in [-0.4, -0.2) is 20.1 Å². The van der Waals surface area contributed by atoms with E-state index in [9.17, 15) is 9.59 Å². The third-order valence-corrected chi connectivity index (χ3v) is 6.26. The summed E-state index contributed by atoms with van der Waals surface area (Å²) in [4.78, 5) is 25.4. The van der Waals surface area contributed by atoms with Gasteiger partial charge in [-0.3, -0.25) is 9.59 Å². The number of Topliss-reactive ketones (excluding diaryl/α,β-unsaturated/α-hetero) is 1. The maximum atomic E-state index is 12.9. The molecule has 0 aliphatic carbocycles. The Morgan fingerprint density at radius 3 is 2.25 bits per heavy atom. The van der Waals surface area contributed by atoms with E-state index in [1.807, 2.05) is 98.4 Å². The summed E-state index contributed by atoms with van der Waals surface area (Å²) < 4.78 is 4.55. The van der Waals surface area contributed by atoms with E-state index in [1.165, 1.54) is 15.9 Å². The van der Waals surface area contributed by atoms with Gasteiger partial charge in [-0.25, -0.2) is 4.68 Å². The molecule has 0 saturated heterocycles. The average molecular weight is 444 g/mol. The highest BCUT2D eigenvalue weighted by Crippen LogP contribution is 2.24. The van der Waals surface area contributed by atoms with Gasteiger partial charge in [0.1, 0.15) is 4.66 Å². The largest absolute Gasteiger partial charge is 0.302 e. The summed E-state index contributed by atoms with van der Waals surface area (Å²) in [6.07, 6.45) is 5.36. The highest BCUT2D eigenvalue weighted by atomic mass is 32.1. The van der Waals surface area contributed by atoms with Crippen molar-refractivity contribution in [3.63, 3.8) is 0 Å². The molecule has 0 spiro atoms. The smallest absolute Gasteiger partial charge is 0.268 e.